The zero-order chi connectivity index (χ0) is 10.9. The van der Waals surface area contributed by atoms with E-state index in [-0.39, 0.29) is 10.5 Å². The molecule has 0 aliphatic heterocycles. The van der Waals surface area contributed by atoms with E-state index in [4.69, 9.17) is 10.2 Å². The fourth-order valence-corrected chi connectivity index (χ4v) is 1.85. The Bertz CT molecular complexity index is 478. The van der Waals surface area contributed by atoms with Gasteiger partial charge in [-0.1, -0.05) is 6.07 Å². The molecule has 0 radical (unpaired) electrons. The zero-order valence-electron chi connectivity index (χ0n) is 7.39. The van der Waals surface area contributed by atoms with Gasteiger partial charge in [0.1, 0.15) is 0 Å². The molecule has 0 amide bonds. The highest BCUT2D eigenvalue weighted by molar-refractivity contribution is 7.89. The number of carboxylic acid groups (broad SMARTS) is 1. The maximum Gasteiger partial charge on any atom is 0.335 e. The molecule has 3 N–H and O–H groups in total. The van der Waals surface area contributed by atoms with Crippen molar-refractivity contribution in [2.45, 2.75) is 11.8 Å². The normalized spacial score (nSPS) is 11.3. The molecule has 0 bridgehead atoms. The van der Waals surface area contributed by atoms with Gasteiger partial charge in [0.15, 0.2) is 0 Å². The van der Waals surface area contributed by atoms with E-state index in [0.717, 1.165) is 6.07 Å². The molecule has 0 saturated carbocycles. The average molecular weight is 215 g/mol. The number of aryl methyl sites for hydroxylation is 1. The Hall–Kier alpha value is -1.40. The number of primary sulfonamides is 1. The van der Waals surface area contributed by atoms with Crippen molar-refractivity contribution in [3.8, 4) is 0 Å². The minimum atomic E-state index is -3.85. The number of carbonyl (C=O) groups is 1. The van der Waals surface area contributed by atoms with Crippen molar-refractivity contribution >= 4 is 16.0 Å². The second kappa shape index (κ2) is 3.39. The summed E-state index contributed by atoms with van der Waals surface area (Å²) in [4.78, 5) is 10.4. The third kappa shape index (κ3) is 2.09. The molecular weight excluding hydrogens is 206 g/mol. The van der Waals surface area contributed by atoms with Gasteiger partial charge in [-0.25, -0.2) is 18.4 Å². The van der Waals surface area contributed by atoms with E-state index in [1.165, 1.54) is 12.1 Å². The first-order valence-electron chi connectivity index (χ1n) is 3.69. The molecule has 0 heterocycles. The number of hydrogen-bond donors (Lipinski definition) is 2. The first-order chi connectivity index (χ1) is 6.32. The van der Waals surface area contributed by atoms with Crippen molar-refractivity contribution in [1.29, 1.82) is 0 Å². The predicted octanol–water partition coefficient (Wildman–Crippen LogP) is 0.341. The summed E-state index contributed by atoms with van der Waals surface area (Å²) in [5.74, 6) is -1.19. The first kappa shape index (κ1) is 10.7. The van der Waals surface area contributed by atoms with Gasteiger partial charge in [-0.3, -0.25) is 0 Å². The fourth-order valence-electron chi connectivity index (χ4n) is 1.04. The van der Waals surface area contributed by atoms with E-state index in [1.807, 2.05) is 0 Å². The van der Waals surface area contributed by atoms with Crippen LogP contribution >= 0.6 is 0 Å². The number of rotatable bonds is 2. The lowest BCUT2D eigenvalue weighted by Gasteiger charge is -2.03. The molecular formula is C8H9NO4S. The van der Waals surface area contributed by atoms with Crippen LogP contribution < -0.4 is 5.14 Å². The highest BCUT2D eigenvalue weighted by Crippen LogP contribution is 2.15. The van der Waals surface area contributed by atoms with Crippen molar-refractivity contribution < 1.29 is 18.3 Å². The van der Waals surface area contributed by atoms with Crippen molar-refractivity contribution in [2.75, 3.05) is 0 Å². The maximum absolute atomic E-state index is 11.0. The Labute approximate surface area is 81.2 Å². The highest BCUT2D eigenvalue weighted by atomic mass is 32.2. The number of aromatic carboxylic acids is 1. The monoisotopic (exact) mass is 215 g/mol. The fraction of sp³-hybridized carbons (Fsp3) is 0.125. The van der Waals surface area contributed by atoms with Crippen LogP contribution in [0.5, 0.6) is 0 Å². The van der Waals surface area contributed by atoms with Gasteiger partial charge in [-0.15, -0.1) is 0 Å². The van der Waals surface area contributed by atoms with E-state index in [2.05, 4.69) is 0 Å². The second-order valence-corrected chi connectivity index (χ2v) is 4.36. The third-order valence-corrected chi connectivity index (χ3v) is 2.79. The summed E-state index contributed by atoms with van der Waals surface area (Å²) in [6, 6.07) is 3.78. The summed E-state index contributed by atoms with van der Waals surface area (Å²) in [5, 5.41) is 13.5. The highest BCUT2D eigenvalue weighted by Gasteiger charge is 2.14. The maximum atomic E-state index is 11.0. The summed E-state index contributed by atoms with van der Waals surface area (Å²) in [5.41, 5.74) is 0.331. The molecule has 0 aliphatic carbocycles. The lowest BCUT2D eigenvalue weighted by molar-refractivity contribution is 0.0696. The first-order valence-corrected chi connectivity index (χ1v) is 5.24. The molecule has 0 fully saturated rings. The molecule has 0 unspecified atom stereocenters. The number of hydrogen-bond acceptors (Lipinski definition) is 3. The molecule has 5 nitrogen and oxygen atoms in total. The van der Waals surface area contributed by atoms with Crippen molar-refractivity contribution in [3.05, 3.63) is 29.3 Å². The smallest absolute Gasteiger partial charge is 0.335 e. The Morgan fingerprint density at radius 3 is 2.43 bits per heavy atom. The average Bonchev–Trinajstić information content (AvgIpc) is 2.02. The van der Waals surface area contributed by atoms with Crippen molar-refractivity contribution in [2.24, 2.45) is 5.14 Å². The zero-order valence-corrected chi connectivity index (χ0v) is 8.21. The standard InChI is InChI=1S/C8H9NO4S/c1-5-2-3-6(8(10)11)4-7(5)14(9,12)13/h2-4H,1H3,(H,10,11)(H2,9,12,13). The Morgan fingerprint density at radius 1 is 1.43 bits per heavy atom. The second-order valence-electron chi connectivity index (χ2n) is 2.83. The molecule has 1 aromatic rings. The van der Waals surface area contributed by atoms with Crippen molar-refractivity contribution in [1.82, 2.24) is 0 Å². The van der Waals surface area contributed by atoms with Gasteiger partial charge in [-0.2, -0.15) is 0 Å². The SMILES string of the molecule is Cc1ccc(C(=O)O)cc1S(N)(=O)=O. The van der Waals surface area contributed by atoms with Gasteiger partial charge >= 0.3 is 5.97 Å². The van der Waals surface area contributed by atoms with Crippen LogP contribution in [0, 0.1) is 6.92 Å². The predicted molar refractivity (Wildman–Crippen MR) is 49.5 cm³/mol. The van der Waals surface area contributed by atoms with Crippen molar-refractivity contribution in [3.63, 3.8) is 0 Å². The topological polar surface area (TPSA) is 97.5 Å². The van der Waals surface area contributed by atoms with Gasteiger partial charge in [0.05, 0.1) is 10.5 Å². The molecule has 14 heavy (non-hydrogen) atoms. The van der Waals surface area contributed by atoms with Crippen LogP contribution in [0.4, 0.5) is 0 Å². The van der Waals surface area contributed by atoms with Gasteiger partial charge in [-0.05, 0) is 24.6 Å². The Balaban J connectivity index is 3.44. The molecule has 6 heteroatoms. The van der Waals surface area contributed by atoms with Crippen LogP contribution in [0.3, 0.4) is 0 Å². The summed E-state index contributed by atoms with van der Waals surface area (Å²) in [6.07, 6.45) is 0. The molecule has 0 atom stereocenters. The minimum Gasteiger partial charge on any atom is -0.478 e. The van der Waals surface area contributed by atoms with E-state index < -0.39 is 16.0 Å². The largest absolute Gasteiger partial charge is 0.478 e. The molecule has 0 aromatic heterocycles. The molecule has 0 saturated heterocycles. The number of benzene rings is 1. The van der Waals surface area contributed by atoms with Crippen LogP contribution in [-0.4, -0.2) is 19.5 Å². The van der Waals surface area contributed by atoms with Crippen LogP contribution in [0.1, 0.15) is 15.9 Å². The lowest BCUT2D eigenvalue weighted by atomic mass is 10.1. The Morgan fingerprint density at radius 2 is 2.00 bits per heavy atom. The minimum absolute atomic E-state index is 0.0976. The van der Waals surface area contributed by atoms with E-state index in [1.54, 1.807) is 6.92 Å². The summed E-state index contributed by atoms with van der Waals surface area (Å²) < 4.78 is 22.0. The number of nitrogens with two attached hydrogens (primary N) is 1. The van der Waals surface area contributed by atoms with E-state index in [9.17, 15) is 13.2 Å². The lowest BCUT2D eigenvalue weighted by Crippen LogP contribution is -2.14. The van der Waals surface area contributed by atoms with Crippen LogP contribution in [0.25, 0.3) is 0 Å². The molecule has 0 spiro atoms. The molecule has 1 aromatic carbocycles. The summed E-state index contributed by atoms with van der Waals surface area (Å²) in [6.45, 7) is 1.55. The van der Waals surface area contributed by atoms with Gasteiger partial charge in [0.25, 0.3) is 0 Å². The van der Waals surface area contributed by atoms with Gasteiger partial charge < -0.3 is 5.11 Å². The van der Waals surface area contributed by atoms with Crippen LogP contribution in [0.2, 0.25) is 0 Å². The van der Waals surface area contributed by atoms with Crippen LogP contribution in [-0.2, 0) is 10.0 Å². The molecule has 1 rings (SSSR count). The Kier molecular flexibility index (Phi) is 2.59. The quantitative estimate of drug-likeness (QED) is 0.743. The summed E-state index contributed by atoms with van der Waals surface area (Å²) >= 11 is 0. The molecule has 0 aliphatic rings. The summed E-state index contributed by atoms with van der Waals surface area (Å²) in [7, 11) is -3.85. The van der Waals surface area contributed by atoms with Gasteiger partial charge in [0, 0.05) is 0 Å². The van der Waals surface area contributed by atoms with Gasteiger partial charge in [0.2, 0.25) is 10.0 Å². The number of sulfonamides is 1. The third-order valence-electron chi connectivity index (χ3n) is 1.74. The van der Waals surface area contributed by atoms with E-state index in [0.29, 0.717) is 5.56 Å². The van der Waals surface area contributed by atoms with E-state index >= 15 is 0 Å². The number of carboxylic acids is 1. The van der Waals surface area contributed by atoms with Crippen LogP contribution in [0.15, 0.2) is 23.1 Å². The molecule has 76 valence electrons.